The van der Waals surface area contributed by atoms with Crippen LogP contribution < -0.4 is 9.05 Å². The maximum atomic E-state index is 10.8. The van der Waals surface area contributed by atoms with Crippen LogP contribution in [0.5, 0.6) is 0 Å². The van der Waals surface area contributed by atoms with Crippen LogP contribution in [-0.4, -0.2) is 29.3 Å². The van der Waals surface area contributed by atoms with Crippen LogP contribution in [-0.2, 0) is 0 Å². The molecule has 2 aromatic carbocycles. The third-order valence-electron chi connectivity index (χ3n) is 3.81. The summed E-state index contributed by atoms with van der Waals surface area (Å²) in [5.41, 5.74) is 2.24. The molecule has 0 saturated heterocycles. The van der Waals surface area contributed by atoms with Crippen molar-refractivity contribution in [2.45, 2.75) is 0 Å². The van der Waals surface area contributed by atoms with Crippen molar-refractivity contribution >= 4 is 35.2 Å². The van der Waals surface area contributed by atoms with E-state index in [0.717, 1.165) is 26.0 Å². The average molecular weight is 394 g/mol. The third kappa shape index (κ3) is 3.05. The summed E-state index contributed by atoms with van der Waals surface area (Å²) in [7, 11) is 0. The number of pyridine rings is 1. The van der Waals surface area contributed by atoms with Crippen molar-refractivity contribution in [2.75, 3.05) is 0 Å². The Morgan fingerprint density at radius 3 is 2.36 bits per heavy atom. The van der Waals surface area contributed by atoms with Gasteiger partial charge in [0.25, 0.3) is 0 Å². The van der Waals surface area contributed by atoms with E-state index in [1.54, 1.807) is 12.1 Å². The Morgan fingerprint density at radius 2 is 1.64 bits per heavy atom. The molecule has 25 heavy (non-hydrogen) atoms. The number of non-ortho nitro benzene ring substituents is 1. The summed E-state index contributed by atoms with van der Waals surface area (Å²) in [6.45, 7) is 0. The van der Waals surface area contributed by atoms with Crippen LogP contribution in [0.3, 0.4) is 0 Å². The number of fused-ring (bicyclic) bond motifs is 1. The Bertz CT molecular complexity index is 1040. The zero-order valence-electron chi connectivity index (χ0n) is 13.1. The van der Waals surface area contributed by atoms with E-state index in [4.69, 9.17) is 4.98 Å². The fourth-order valence-electron chi connectivity index (χ4n) is 2.62. The summed E-state index contributed by atoms with van der Waals surface area (Å²) in [6.07, 6.45) is 2.01. The molecule has 0 unspecified atom stereocenters. The van der Waals surface area contributed by atoms with Gasteiger partial charge >= 0.3 is 150 Å². The maximum absolute atomic E-state index is 10.8. The van der Waals surface area contributed by atoms with Gasteiger partial charge in [0.05, 0.1) is 0 Å². The molecule has 0 aliphatic carbocycles. The molecule has 0 saturated carbocycles. The molecule has 0 atom stereocenters. The number of nitro benzene ring substituents is 1. The van der Waals surface area contributed by atoms with Gasteiger partial charge in [-0.15, -0.1) is 0 Å². The quantitative estimate of drug-likeness (QED) is 0.304. The minimum atomic E-state index is -0.379. The number of benzene rings is 2. The first-order valence-electron chi connectivity index (χ1n) is 7.67. The molecule has 0 radical (unpaired) electrons. The van der Waals surface area contributed by atoms with Crippen LogP contribution in [0.25, 0.3) is 16.9 Å². The van der Waals surface area contributed by atoms with Crippen molar-refractivity contribution in [3.8, 4) is 11.4 Å². The number of nitrogens with zero attached hydrogens (tertiary/aromatic N) is 3. The van der Waals surface area contributed by atoms with E-state index >= 15 is 0 Å². The number of hydrogen-bond acceptors (Lipinski definition) is 3. The van der Waals surface area contributed by atoms with E-state index in [0.29, 0.717) is 0 Å². The molecule has 0 bridgehead atoms. The molecular formula is C19H13N3O2Se. The van der Waals surface area contributed by atoms with Crippen molar-refractivity contribution in [1.29, 1.82) is 0 Å². The first kappa shape index (κ1) is 15.6. The second-order valence-corrected chi connectivity index (χ2v) is 7.64. The zero-order chi connectivity index (χ0) is 17.2. The SMILES string of the molecule is O=[N+]([O-])c1ccc([Se]c2nc(-c3ccccc3)n3ccccc23)cc1. The predicted octanol–water partition coefficient (Wildman–Crippen LogP) is 2.56. The summed E-state index contributed by atoms with van der Waals surface area (Å²) in [6, 6.07) is 22.9. The Labute approximate surface area is 150 Å². The first-order valence-corrected chi connectivity index (χ1v) is 9.38. The van der Waals surface area contributed by atoms with Crippen molar-refractivity contribution in [2.24, 2.45) is 0 Å². The summed E-state index contributed by atoms with van der Waals surface area (Å²) in [4.78, 5) is 15.3. The molecule has 2 heterocycles. The molecule has 0 fully saturated rings. The molecule has 4 rings (SSSR count). The standard InChI is InChI=1S/C19H13N3O2Se/c23-22(24)15-9-11-16(12-10-15)25-19-17-8-4-5-13-21(17)18(20-19)14-6-2-1-3-7-14/h1-13H. The van der Waals surface area contributed by atoms with Gasteiger partial charge in [0.1, 0.15) is 0 Å². The summed E-state index contributed by atoms with van der Waals surface area (Å²) in [5.74, 6) is 0.912. The second-order valence-electron chi connectivity index (χ2n) is 5.42. The van der Waals surface area contributed by atoms with Crippen molar-refractivity contribution in [1.82, 2.24) is 9.38 Å². The van der Waals surface area contributed by atoms with Gasteiger partial charge in [0.2, 0.25) is 0 Å². The Kier molecular flexibility index (Phi) is 4.06. The molecule has 4 aromatic rings. The number of imidazole rings is 1. The fraction of sp³-hybridized carbons (Fsp3) is 0. The van der Waals surface area contributed by atoms with Gasteiger partial charge < -0.3 is 0 Å². The van der Waals surface area contributed by atoms with E-state index < -0.39 is 0 Å². The minimum absolute atomic E-state index is 0.0330. The topological polar surface area (TPSA) is 60.4 Å². The van der Waals surface area contributed by atoms with Crippen molar-refractivity contribution in [3.05, 3.63) is 89.1 Å². The summed E-state index contributed by atoms with van der Waals surface area (Å²) < 4.78 is 4.17. The van der Waals surface area contributed by atoms with Gasteiger partial charge in [-0.05, 0) is 0 Å². The monoisotopic (exact) mass is 395 g/mol. The Hall–Kier alpha value is -2.95. The molecule has 5 nitrogen and oxygen atoms in total. The van der Waals surface area contributed by atoms with E-state index in [1.807, 2.05) is 60.8 Å². The third-order valence-corrected chi connectivity index (χ3v) is 5.91. The normalized spacial score (nSPS) is 10.9. The van der Waals surface area contributed by atoms with Crippen LogP contribution in [0, 0.1) is 10.1 Å². The molecule has 122 valence electrons. The molecule has 0 amide bonds. The molecule has 0 aliphatic rings. The average Bonchev–Trinajstić information content (AvgIpc) is 3.02. The number of aromatic nitrogens is 2. The van der Waals surface area contributed by atoms with Crippen LogP contribution in [0.1, 0.15) is 0 Å². The predicted molar refractivity (Wildman–Crippen MR) is 98.7 cm³/mol. The van der Waals surface area contributed by atoms with Gasteiger partial charge in [-0.25, -0.2) is 0 Å². The van der Waals surface area contributed by atoms with Gasteiger partial charge in [-0.1, -0.05) is 0 Å². The number of nitro groups is 1. The first-order chi connectivity index (χ1) is 12.2. The van der Waals surface area contributed by atoms with E-state index in [2.05, 4.69) is 10.5 Å². The van der Waals surface area contributed by atoms with Gasteiger partial charge in [0, 0.05) is 0 Å². The Balaban J connectivity index is 1.76. The van der Waals surface area contributed by atoms with Crippen LogP contribution in [0.2, 0.25) is 0 Å². The molecule has 2 aromatic heterocycles. The summed E-state index contributed by atoms with van der Waals surface area (Å²) in [5, 5.41) is 10.8. The second kappa shape index (κ2) is 6.51. The molecular weight excluding hydrogens is 381 g/mol. The molecule has 6 heteroatoms. The number of hydrogen-bond donors (Lipinski definition) is 0. The van der Waals surface area contributed by atoms with Crippen molar-refractivity contribution < 1.29 is 4.92 Å². The Morgan fingerprint density at radius 1 is 0.920 bits per heavy atom. The van der Waals surface area contributed by atoms with Crippen LogP contribution >= 0.6 is 0 Å². The van der Waals surface area contributed by atoms with Crippen molar-refractivity contribution in [3.63, 3.8) is 0 Å². The van der Waals surface area contributed by atoms with Crippen LogP contribution in [0.4, 0.5) is 5.69 Å². The molecule has 0 aliphatic heterocycles. The van der Waals surface area contributed by atoms with Crippen LogP contribution in [0.15, 0.2) is 79.0 Å². The molecule has 0 spiro atoms. The van der Waals surface area contributed by atoms with Gasteiger partial charge in [-0.3, -0.25) is 0 Å². The van der Waals surface area contributed by atoms with E-state index in [-0.39, 0.29) is 25.6 Å². The van der Waals surface area contributed by atoms with E-state index in [1.165, 1.54) is 0 Å². The van der Waals surface area contributed by atoms with E-state index in [9.17, 15) is 10.1 Å². The number of rotatable bonds is 4. The molecule has 0 N–H and O–H groups in total. The van der Waals surface area contributed by atoms with Gasteiger partial charge in [-0.2, -0.15) is 0 Å². The zero-order valence-corrected chi connectivity index (χ0v) is 14.8. The summed E-state index contributed by atoms with van der Waals surface area (Å²) >= 11 is -0.0330. The van der Waals surface area contributed by atoms with Gasteiger partial charge in [0.15, 0.2) is 0 Å². The fourth-order valence-corrected chi connectivity index (χ4v) is 4.51.